The van der Waals surface area contributed by atoms with Crippen LogP contribution in [-0.2, 0) is 6.42 Å². The van der Waals surface area contributed by atoms with Gasteiger partial charge < -0.3 is 9.47 Å². The lowest BCUT2D eigenvalue weighted by Crippen LogP contribution is -1.96. The Bertz CT molecular complexity index is 329. The number of allylic oxidation sites excluding steroid dienone is 1. The van der Waals surface area contributed by atoms with E-state index in [0.29, 0.717) is 0 Å². The second-order valence-corrected chi connectivity index (χ2v) is 3.26. The van der Waals surface area contributed by atoms with E-state index < -0.39 is 0 Å². The van der Waals surface area contributed by atoms with Crippen molar-refractivity contribution < 1.29 is 9.47 Å². The maximum Gasteiger partial charge on any atom is 0.126 e. The van der Waals surface area contributed by atoms with Gasteiger partial charge in [0.25, 0.3) is 0 Å². The molecule has 2 heteroatoms. The third-order valence-corrected chi connectivity index (χ3v) is 2.34. The normalized spacial score (nSPS) is 10.7. The van der Waals surface area contributed by atoms with Gasteiger partial charge in [-0.25, -0.2) is 0 Å². The van der Waals surface area contributed by atoms with Gasteiger partial charge in [-0.2, -0.15) is 0 Å². The average molecular weight is 206 g/mol. The van der Waals surface area contributed by atoms with Gasteiger partial charge in [0.1, 0.15) is 11.5 Å². The summed E-state index contributed by atoms with van der Waals surface area (Å²) in [5, 5.41) is 0. The Kier molecular flexibility index (Phi) is 4.22. The van der Waals surface area contributed by atoms with Crippen molar-refractivity contribution in [2.45, 2.75) is 20.3 Å². The molecule has 0 aliphatic heterocycles. The smallest absolute Gasteiger partial charge is 0.126 e. The third-order valence-electron chi connectivity index (χ3n) is 2.34. The van der Waals surface area contributed by atoms with Crippen LogP contribution in [0.1, 0.15) is 25.0 Å². The highest BCUT2D eigenvalue weighted by Crippen LogP contribution is 2.31. The predicted octanol–water partition coefficient (Wildman–Crippen LogP) is 3.30. The highest BCUT2D eigenvalue weighted by molar-refractivity contribution is 5.58. The van der Waals surface area contributed by atoms with Crippen LogP contribution in [0.2, 0.25) is 0 Å². The highest BCUT2D eigenvalue weighted by atomic mass is 16.5. The minimum Gasteiger partial charge on any atom is -0.496 e. The SMILES string of the molecule is CC=Cc1cc(OC)c(CC)c(OC)c1. The maximum absolute atomic E-state index is 5.35. The van der Waals surface area contributed by atoms with Gasteiger partial charge >= 0.3 is 0 Å². The summed E-state index contributed by atoms with van der Waals surface area (Å²) in [4.78, 5) is 0. The molecule has 1 aromatic rings. The summed E-state index contributed by atoms with van der Waals surface area (Å²) in [6.45, 7) is 4.09. The van der Waals surface area contributed by atoms with Crippen molar-refractivity contribution in [2.24, 2.45) is 0 Å². The molecule has 0 N–H and O–H groups in total. The topological polar surface area (TPSA) is 18.5 Å². The predicted molar refractivity (Wildman–Crippen MR) is 63.6 cm³/mol. The van der Waals surface area contributed by atoms with Crippen LogP contribution < -0.4 is 9.47 Å². The first-order chi connectivity index (χ1) is 7.26. The van der Waals surface area contributed by atoms with Crippen LogP contribution in [0.3, 0.4) is 0 Å². The van der Waals surface area contributed by atoms with Crippen LogP contribution in [0.5, 0.6) is 11.5 Å². The Morgan fingerprint density at radius 3 is 2.00 bits per heavy atom. The molecule has 82 valence electrons. The van der Waals surface area contributed by atoms with E-state index in [4.69, 9.17) is 9.47 Å². The van der Waals surface area contributed by atoms with Gasteiger partial charge in [0, 0.05) is 5.56 Å². The average Bonchev–Trinajstić information content (AvgIpc) is 2.28. The summed E-state index contributed by atoms with van der Waals surface area (Å²) in [6.07, 6.45) is 4.94. The van der Waals surface area contributed by atoms with Crippen molar-refractivity contribution in [1.29, 1.82) is 0 Å². The van der Waals surface area contributed by atoms with E-state index in [1.807, 2.05) is 31.2 Å². The molecule has 0 saturated heterocycles. The van der Waals surface area contributed by atoms with E-state index in [-0.39, 0.29) is 0 Å². The fourth-order valence-corrected chi connectivity index (χ4v) is 1.64. The second-order valence-electron chi connectivity index (χ2n) is 3.26. The van der Waals surface area contributed by atoms with Crippen molar-refractivity contribution in [3.63, 3.8) is 0 Å². The number of ether oxygens (including phenoxy) is 2. The summed E-state index contributed by atoms with van der Waals surface area (Å²) in [7, 11) is 3.38. The van der Waals surface area contributed by atoms with Gasteiger partial charge in [0.05, 0.1) is 14.2 Å². The molecule has 1 rings (SSSR count). The second kappa shape index (κ2) is 5.44. The Morgan fingerprint density at radius 1 is 1.13 bits per heavy atom. The number of methoxy groups -OCH3 is 2. The van der Waals surface area contributed by atoms with E-state index in [1.54, 1.807) is 14.2 Å². The molecule has 2 nitrogen and oxygen atoms in total. The molecule has 1 aromatic carbocycles. The van der Waals surface area contributed by atoms with Crippen LogP contribution in [-0.4, -0.2) is 14.2 Å². The molecule has 0 amide bonds. The first-order valence-corrected chi connectivity index (χ1v) is 5.14. The summed E-state index contributed by atoms with van der Waals surface area (Å²) in [5.41, 5.74) is 2.22. The Balaban J connectivity index is 3.28. The molecule has 0 aliphatic carbocycles. The van der Waals surface area contributed by atoms with Crippen molar-refractivity contribution in [1.82, 2.24) is 0 Å². The molecular weight excluding hydrogens is 188 g/mol. The van der Waals surface area contributed by atoms with Crippen molar-refractivity contribution in [3.8, 4) is 11.5 Å². The zero-order valence-corrected chi connectivity index (χ0v) is 9.83. The van der Waals surface area contributed by atoms with E-state index in [2.05, 4.69) is 6.92 Å². The minimum atomic E-state index is 0.893. The first kappa shape index (κ1) is 11.6. The van der Waals surface area contributed by atoms with E-state index in [1.165, 1.54) is 0 Å². The van der Waals surface area contributed by atoms with Gasteiger partial charge in [-0.1, -0.05) is 19.1 Å². The van der Waals surface area contributed by atoms with Crippen molar-refractivity contribution in [2.75, 3.05) is 14.2 Å². The van der Waals surface area contributed by atoms with Gasteiger partial charge in [-0.15, -0.1) is 0 Å². The minimum absolute atomic E-state index is 0.893. The monoisotopic (exact) mass is 206 g/mol. The van der Waals surface area contributed by atoms with Gasteiger partial charge in [0.2, 0.25) is 0 Å². The van der Waals surface area contributed by atoms with Gasteiger partial charge in [-0.3, -0.25) is 0 Å². The molecule has 0 radical (unpaired) electrons. The van der Waals surface area contributed by atoms with E-state index in [9.17, 15) is 0 Å². The Labute approximate surface area is 91.5 Å². The molecule has 0 aliphatic rings. The first-order valence-electron chi connectivity index (χ1n) is 5.14. The van der Waals surface area contributed by atoms with Crippen molar-refractivity contribution in [3.05, 3.63) is 29.3 Å². The molecule has 0 bridgehead atoms. The summed E-state index contributed by atoms with van der Waals surface area (Å²) < 4.78 is 10.7. The zero-order valence-electron chi connectivity index (χ0n) is 9.83. The molecule has 15 heavy (non-hydrogen) atoms. The lowest BCUT2D eigenvalue weighted by Gasteiger charge is -2.12. The van der Waals surface area contributed by atoms with E-state index >= 15 is 0 Å². The molecule has 0 atom stereocenters. The maximum atomic E-state index is 5.35. The molecule has 0 heterocycles. The third kappa shape index (κ3) is 2.52. The van der Waals surface area contributed by atoms with Gasteiger partial charge in [-0.05, 0) is 31.0 Å². The summed E-state index contributed by atoms with van der Waals surface area (Å²) in [6, 6.07) is 4.06. The van der Waals surface area contributed by atoms with E-state index in [0.717, 1.165) is 29.0 Å². The molecule has 0 aromatic heterocycles. The largest absolute Gasteiger partial charge is 0.496 e. The molecule has 0 fully saturated rings. The lowest BCUT2D eigenvalue weighted by atomic mass is 10.1. The fourth-order valence-electron chi connectivity index (χ4n) is 1.64. The Morgan fingerprint density at radius 2 is 1.67 bits per heavy atom. The number of rotatable bonds is 4. The fraction of sp³-hybridized carbons (Fsp3) is 0.385. The van der Waals surface area contributed by atoms with Gasteiger partial charge in [0.15, 0.2) is 0 Å². The lowest BCUT2D eigenvalue weighted by molar-refractivity contribution is 0.386. The number of benzene rings is 1. The summed E-state index contributed by atoms with van der Waals surface area (Å²) >= 11 is 0. The molecule has 0 unspecified atom stereocenters. The Hall–Kier alpha value is -1.44. The standard InChI is InChI=1S/C13H18O2/c1-5-7-10-8-12(14-3)11(6-2)13(9-10)15-4/h5,7-9H,6H2,1-4H3. The van der Waals surface area contributed by atoms with Crippen LogP contribution in [0.15, 0.2) is 18.2 Å². The number of hydrogen-bond acceptors (Lipinski definition) is 2. The molecule has 0 spiro atoms. The zero-order chi connectivity index (χ0) is 11.3. The van der Waals surface area contributed by atoms with Crippen LogP contribution in [0.4, 0.5) is 0 Å². The van der Waals surface area contributed by atoms with Crippen LogP contribution in [0, 0.1) is 0 Å². The number of hydrogen-bond donors (Lipinski definition) is 0. The van der Waals surface area contributed by atoms with Crippen molar-refractivity contribution >= 4 is 6.08 Å². The molecular formula is C13H18O2. The van der Waals surface area contributed by atoms with Crippen LogP contribution >= 0.6 is 0 Å². The summed E-state index contributed by atoms with van der Waals surface area (Å²) in [5.74, 6) is 1.79. The highest BCUT2D eigenvalue weighted by Gasteiger charge is 2.09. The molecule has 0 saturated carbocycles. The van der Waals surface area contributed by atoms with Crippen LogP contribution in [0.25, 0.3) is 6.08 Å². The quantitative estimate of drug-likeness (QED) is 0.752.